The van der Waals surface area contributed by atoms with Crippen LogP contribution in [0.3, 0.4) is 0 Å². The number of H-pyrrole nitrogens is 1. The van der Waals surface area contributed by atoms with Gasteiger partial charge in [-0.25, -0.2) is 4.79 Å². The van der Waals surface area contributed by atoms with Gasteiger partial charge in [0.05, 0.1) is 0 Å². The Labute approximate surface area is 174 Å². The standard InChI is InChI=1S/C23H25N3O2S/c1-3-5-12-25-22(27)18-13-16-15-8-6-7-9-17(15)24-20(16)21(26(18)23(25)28)19-11-10-14(4-2)29-19/h6-11,18,21,24H,3-5,12-13H2,1-2H3/t18-,21+/m1/s1. The molecule has 0 unspecified atom stereocenters. The third-order valence-corrected chi connectivity index (χ3v) is 7.45. The molecule has 0 aliphatic carbocycles. The molecule has 1 fully saturated rings. The summed E-state index contributed by atoms with van der Waals surface area (Å²) >= 11 is 1.74. The van der Waals surface area contributed by atoms with Crippen molar-refractivity contribution in [2.24, 2.45) is 0 Å². The molecule has 2 aromatic heterocycles. The molecule has 3 aromatic rings. The van der Waals surface area contributed by atoms with Gasteiger partial charge >= 0.3 is 6.03 Å². The second-order valence-corrected chi connectivity index (χ2v) is 9.08. The summed E-state index contributed by atoms with van der Waals surface area (Å²) in [4.78, 5) is 35.9. The van der Waals surface area contributed by atoms with E-state index in [2.05, 4.69) is 43.1 Å². The van der Waals surface area contributed by atoms with Crippen molar-refractivity contribution in [2.45, 2.75) is 51.6 Å². The zero-order valence-corrected chi connectivity index (χ0v) is 17.6. The minimum absolute atomic E-state index is 0.0448. The molecule has 2 aliphatic rings. The average molecular weight is 408 g/mol. The van der Waals surface area contributed by atoms with E-state index in [1.54, 1.807) is 11.3 Å². The Morgan fingerprint density at radius 2 is 1.97 bits per heavy atom. The number of fused-ring (bicyclic) bond motifs is 4. The summed E-state index contributed by atoms with van der Waals surface area (Å²) in [5.74, 6) is -0.0448. The van der Waals surface area contributed by atoms with E-state index in [9.17, 15) is 9.59 Å². The lowest BCUT2D eigenvalue weighted by atomic mass is 9.91. The minimum Gasteiger partial charge on any atom is -0.356 e. The number of thiophene rings is 1. The van der Waals surface area contributed by atoms with Gasteiger partial charge in [-0.1, -0.05) is 38.5 Å². The molecule has 3 amide bonds. The topological polar surface area (TPSA) is 56.4 Å². The van der Waals surface area contributed by atoms with Gasteiger partial charge < -0.3 is 4.98 Å². The van der Waals surface area contributed by atoms with Gasteiger partial charge in [-0.05, 0) is 36.6 Å². The van der Waals surface area contributed by atoms with Gasteiger partial charge in [0.15, 0.2) is 0 Å². The number of aromatic amines is 1. The number of aromatic nitrogens is 1. The lowest BCUT2D eigenvalue weighted by Crippen LogP contribution is -2.43. The highest BCUT2D eigenvalue weighted by atomic mass is 32.1. The molecule has 0 radical (unpaired) electrons. The monoisotopic (exact) mass is 407 g/mol. The Bertz CT molecular complexity index is 1100. The second-order valence-electron chi connectivity index (χ2n) is 7.88. The number of carbonyl (C=O) groups is 2. The van der Waals surface area contributed by atoms with Gasteiger partial charge in [-0.15, -0.1) is 11.3 Å². The molecular weight excluding hydrogens is 382 g/mol. The Morgan fingerprint density at radius 3 is 2.72 bits per heavy atom. The van der Waals surface area contributed by atoms with Crippen LogP contribution >= 0.6 is 11.3 Å². The van der Waals surface area contributed by atoms with Gasteiger partial charge in [0.25, 0.3) is 5.91 Å². The van der Waals surface area contributed by atoms with Crippen molar-refractivity contribution in [3.05, 3.63) is 57.4 Å². The Balaban J connectivity index is 1.67. The zero-order valence-electron chi connectivity index (χ0n) is 16.8. The highest BCUT2D eigenvalue weighted by Gasteiger charge is 2.52. The van der Waals surface area contributed by atoms with E-state index in [1.807, 2.05) is 17.0 Å². The fraction of sp³-hybridized carbons (Fsp3) is 0.391. The second kappa shape index (κ2) is 7.02. The maximum absolute atomic E-state index is 13.4. The molecule has 6 heteroatoms. The molecule has 1 saturated heterocycles. The molecule has 5 nitrogen and oxygen atoms in total. The third-order valence-electron chi connectivity index (χ3n) is 6.17. The van der Waals surface area contributed by atoms with Crippen molar-refractivity contribution in [1.29, 1.82) is 0 Å². The molecule has 5 rings (SSSR count). The number of nitrogens with zero attached hydrogens (tertiary/aromatic N) is 2. The molecule has 0 spiro atoms. The summed E-state index contributed by atoms with van der Waals surface area (Å²) in [5.41, 5.74) is 3.31. The van der Waals surface area contributed by atoms with Crippen molar-refractivity contribution >= 4 is 34.2 Å². The number of hydrogen-bond donors (Lipinski definition) is 1. The number of nitrogens with one attached hydrogen (secondary N) is 1. The van der Waals surface area contributed by atoms with Crippen molar-refractivity contribution in [3.8, 4) is 0 Å². The Morgan fingerprint density at radius 1 is 1.14 bits per heavy atom. The van der Waals surface area contributed by atoms with Crippen LogP contribution in [-0.4, -0.2) is 39.3 Å². The zero-order chi connectivity index (χ0) is 20.1. The predicted molar refractivity (Wildman–Crippen MR) is 115 cm³/mol. The number of rotatable bonds is 5. The molecule has 4 heterocycles. The van der Waals surface area contributed by atoms with Crippen molar-refractivity contribution in [1.82, 2.24) is 14.8 Å². The first-order chi connectivity index (χ1) is 14.1. The first-order valence-corrected chi connectivity index (χ1v) is 11.3. The molecule has 1 N–H and O–H groups in total. The average Bonchev–Trinajstić information content (AvgIpc) is 3.41. The highest BCUT2D eigenvalue weighted by molar-refractivity contribution is 7.12. The van der Waals surface area contributed by atoms with Gasteiger partial charge in [-0.2, -0.15) is 0 Å². The molecule has 2 atom stereocenters. The van der Waals surface area contributed by atoms with E-state index >= 15 is 0 Å². The molecule has 1 aromatic carbocycles. The third kappa shape index (κ3) is 2.73. The molecule has 29 heavy (non-hydrogen) atoms. The number of aryl methyl sites for hydroxylation is 1. The number of unbranched alkanes of at least 4 members (excludes halogenated alkanes) is 1. The van der Waals surface area contributed by atoms with Crippen LogP contribution < -0.4 is 0 Å². The first-order valence-electron chi connectivity index (χ1n) is 10.5. The van der Waals surface area contributed by atoms with E-state index < -0.39 is 6.04 Å². The summed E-state index contributed by atoms with van der Waals surface area (Å²) in [6.07, 6.45) is 3.35. The lowest BCUT2D eigenvalue weighted by molar-refractivity contribution is -0.128. The maximum Gasteiger partial charge on any atom is 0.328 e. The van der Waals surface area contributed by atoms with Gasteiger partial charge in [-0.3, -0.25) is 14.6 Å². The fourth-order valence-electron chi connectivity index (χ4n) is 4.68. The van der Waals surface area contributed by atoms with E-state index in [0.29, 0.717) is 13.0 Å². The number of para-hydroxylation sites is 1. The van der Waals surface area contributed by atoms with Crippen molar-refractivity contribution in [2.75, 3.05) is 6.54 Å². The molecule has 2 aliphatic heterocycles. The van der Waals surface area contributed by atoms with Crippen LogP contribution in [0.15, 0.2) is 36.4 Å². The summed E-state index contributed by atoms with van der Waals surface area (Å²) in [5, 5.41) is 1.16. The van der Waals surface area contributed by atoms with Crippen LogP contribution in [0.5, 0.6) is 0 Å². The van der Waals surface area contributed by atoms with Crippen molar-refractivity contribution in [3.63, 3.8) is 0 Å². The summed E-state index contributed by atoms with van der Waals surface area (Å²) < 4.78 is 0. The van der Waals surface area contributed by atoms with Crippen LogP contribution in [0.1, 0.15) is 53.7 Å². The number of amides is 3. The quantitative estimate of drug-likeness (QED) is 0.614. The van der Waals surface area contributed by atoms with E-state index in [-0.39, 0.29) is 18.0 Å². The Kier molecular flexibility index (Phi) is 4.46. The number of urea groups is 1. The molecule has 0 saturated carbocycles. The molecular formula is C23H25N3O2S. The van der Waals surface area contributed by atoms with Crippen LogP contribution in [0.2, 0.25) is 0 Å². The number of hydrogen-bond acceptors (Lipinski definition) is 3. The smallest absolute Gasteiger partial charge is 0.328 e. The van der Waals surface area contributed by atoms with Crippen LogP contribution in [0.4, 0.5) is 4.79 Å². The lowest BCUT2D eigenvalue weighted by Gasteiger charge is -2.35. The largest absolute Gasteiger partial charge is 0.356 e. The summed E-state index contributed by atoms with van der Waals surface area (Å²) in [6, 6.07) is 11.7. The molecule has 150 valence electrons. The van der Waals surface area contributed by atoms with E-state index in [1.165, 1.54) is 15.3 Å². The normalized spacial score (nSPS) is 21.2. The maximum atomic E-state index is 13.4. The van der Waals surface area contributed by atoms with Crippen LogP contribution in [0, 0.1) is 0 Å². The predicted octanol–water partition coefficient (Wildman–Crippen LogP) is 4.87. The van der Waals surface area contributed by atoms with E-state index in [0.717, 1.165) is 40.7 Å². The minimum atomic E-state index is -0.414. The SMILES string of the molecule is CCCCN1C(=O)[C@H]2Cc3c([nH]c4ccccc34)[C@H](c3ccc(CC)s3)N2C1=O. The van der Waals surface area contributed by atoms with Crippen LogP contribution in [0.25, 0.3) is 10.9 Å². The van der Waals surface area contributed by atoms with E-state index in [4.69, 9.17) is 0 Å². The van der Waals surface area contributed by atoms with Gasteiger partial charge in [0, 0.05) is 39.3 Å². The van der Waals surface area contributed by atoms with Gasteiger partial charge in [0.2, 0.25) is 0 Å². The summed E-state index contributed by atoms with van der Waals surface area (Å²) in [7, 11) is 0. The van der Waals surface area contributed by atoms with Crippen molar-refractivity contribution < 1.29 is 9.59 Å². The first kappa shape index (κ1) is 18.4. The number of benzene rings is 1. The fourth-order valence-corrected chi connectivity index (χ4v) is 5.74. The van der Waals surface area contributed by atoms with Crippen LogP contribution in [-0.2, 0) is 17.6 Å². The number of imide groups is 1. The Hall–Kier alpha value is -2.60. The summed E-state index contributed by atoms with van der Waals surface area (Å²) in [6.45, 7) is 4.73. The number of carbonyl (C=O) groups excluding carboxylic acids is 2. The molecule has 0 bridgehead atoms. The highest BCUT2D eigenvalue weighted by Crippen LogP contribution is 2.45. The van der Waals surface area contributed by atoms with Gasteiger partial charge in [0.1, 0.15) is 12.1 Å².